The Bertz CT molecular complexity index is 287. The summed E-state index contributed by atoms with van der Waals surface area (Å²) in [4.78, 5) is 1.07. The standard InChI is InChI=1S/C11H18O4S/c1-9-11(3-4-15-9)16-8-10(12)7-14-6-5-13-2/h3-4,10,12H,5-8H2,1-2H3. The molecule has 1 heterocycles. The topological polar surface area (TPSA) is 51.8 Å². The maximum absolute atomic E-state index is 9.62. The molecule has 0 aromatic carbocycles. The number of ether oxygens (including phenoxy) is 2. The van der Waals surface area contributed by atoms with Crippen LogP contribution in [0.15, 0.2) is 21.6 Å². The highest BCUT2D eigenvalue weighted by Gasteiger charge is 2.08. The van der Waals surface area contributed by atoms with Crippen LogP contribution in [0.5, 0.6) is 0 Å². The maximum Gasteiger partial charge on any atom is 0.114 e. The number of hydrogen-bond acceptors (Lipinski definition) is 5. The average molecular weight is 246 g/mol. The largest absolute Gasteiger partial charge is 0.468 e. The van der Waals surface area contributed by atoms with Crippen molar-refractivity contribution in [2.45, 2.75) is 17.9 Å². The summed E-state index contributed by atoms with van der Waals surface area (Å²) in [5, 5.41) is 9.62. The van der Waals surface area contributed by atoms with Crippen LogP contribution in [0.4, 0.5) is 0 Å². The number of rotatable bonds is 8. The third-order valence-electron chi connectivity index (χ3n) is 1.98. The molecule has 1 aromatic heterocycles. The quantitative estimate of drug-likeness (QED) is 0.559. The van der Waals surface area contributed by atoms with Crippen LogP contribution in [0.1, 0.15) is 5.76 Å². The molecule has 5 heteroatoms. The van der Waals surface area contributed by atoms with Crippen molar-refractivity contribution >= 4 is 11.8 Å². The van der Waals surface area contributed by atoms with Gasteiger partial charge >= 0.3 is 0 Å². The first-order chi connectivity index (χ1) is 7.74. The minimum atomic E-state index is -0.462. The summed E-state index contributed by atoms with van der Waals surface area (Å²) >= 11 is 1.57. The van der Waals surface area contributed by atoms with E-state index >= 15 is 0 Å². The molecule has 1 N–H and O–H groups in total. The molecule has 1 aromatic rings. The van der Waals surface area contributed by atoms with Crippen molar-refractivity contribution in [2.75, 3.05) is 32.7 Å². The molecule has 0 fully saturated rings. The molecule has 0 radical (unpaired) electrons. The predicted octanol–water partition coefficient (Wildman–Crippen LogP) is 1.70. The molecule has 1 rings (SSSR count). The van der Waals surface area contributed by atoms with E-state index in [9.17, 15) is 5.11 Å². The van der Waals surface area contributed by atoms with Gasteiger partial charge in [-0.25, -0.2) is 0 Å². The Morgan fingerprint density at radius 2 is 2.31 bits per heavy atom. The van der Waals surface area contributed by atoms with Crippen LogP contribution in [0, 0.1) is 6.92 Å². The number of furan rings is 1. The zero-order valence-electron chi connectivity index (χ0n) is 9.64. The van der Waals surface area contributed by atoms with E-state index in [-0.39, 0.29) is 0 Å². The Morgan fingerprint density at radius 1 is 1.50 bits per heavy atom. The monoisotopic (exact) mass is 246 g/mol. The number of aryl methyl sites for hydroxylation is 1. The molecule has 0 aliphatic carbocycles. The summed E-state index contributed by atoms with van der Waals surface area (Å²) in [6, 6.07) is 1.90. The molecule has 4 nitrogen and oxygen atoms in total. The number of methoxy groups -OCH3 is 1. The van der Waals surface area contributed by atoms with Gasteiger partial charge in [0.05, 0.1) is 32.2 Å². The molecule has 0 amide bonds. The Hall–Kier alpha value is -0.490. The Kier molecular flexibility index (Phi) is 6.56. The zero-order valence-corrected chi connectivity index (χ0v) is 10.5. The van der Waals surface area contributed by atoms with Gasteiger partial charge in [0, 0.05) is 17.8 Å². The molecule has 0 aliphatic heterocycles. The minimum absolute atomic E-state index is 0.341. The van der Waals surface area contributed by atoms with Crippen molar-refractivity contribution in [3.63, 3.8) is 0 Å². The van der Waals surface area contributed by atoms with Crippen LogP contribution >= 0.6 is 11.8 Å². The van der Waals surface area contributed by atoms with Crippen LogP contribution < -0.4 is 0 Å². The van der Waals surface area contributed by atoms with Crippen LogP contribution in [-0.2, 0) is 9.47 Å². The molecule has 0 saturated carbocycles. The molecule has 0 saturated heterocycles. The lowest BCUT2D eigenvalue weighted by atomic mass is 10.4. The molecule has 92 valence electrons. The lowest BCUT2D eigenvalue weighted by Crippen LogP contribution is -2.19. The lowest BCUT2D eigenvalue weighted by molar-refractivity contribution is 0.0218. The number of aliphatic hydroxyl groups is 1. The highest BCUT2D eigenvalue weighted by Crippen LogP contribution is 2.23. The fourth-order valence-corrected chi connectivity index (χ4v) is 1.99. The van der Waals surface area contributed by atoms with E-state index in [1.165, 1.54) is 0 Å². The third-order valence-corrected chi connectivity index (χ3v) is 3.27. The summed E-state index contributed by atoms with van der Waals surface area (Å²) in [6.45, 7) is 3.32. The summed E-state index contributed by atoms with van der Waals surface area (Å²) in [7, 11) is 1.62. The zero-order chi connectivity index (χ0) is 11.8. The van der Waals surface area contributed by atoms with Gasteiger partial charge < -0.3 is 19.0 Å². The first kappa shape index (κ1) is 13.6. The van der Waals surface area contributed by atoms with Crippen LogP contribution in [0.2, 0.25) is 0 Å². The van der Waals surface area contributed by atoms with E-state index < -0.39 is 6.10 Å². The third kappa shape index (κ3) is 5.03. The van der Waals surface area contributed by atoms with Gasteiger partial charge in [0.1, 0.15) is 5.76 Å². The van der Waals surface area contributed by atoms with Crippen LogP contribution in [0.25, 0.3) is 0 Å². The van der Waals surface area contributed by atoms with Crippen molar-refractivity contribution < 1.29 is 19.0 Å². The predicted molar refractivity (Wildman–Crippen MR) is 62.9 cm³/mol. The Labute approximate surface area is 99.9 Å². The van der Waals surface area contributed by atoms with Crippen LogP contribution in [0.3, 0.4) is 0 Å². The highest BCUT2D eigenvalue weighted by molar-refractivity contribution is 7.99. The fourth-order valence-electron chi connectivity index (χ4n) is 1.12. The molecular formula is C11H18O4S. The Balaban J connectivity index is 2.10. The summed E-state index contributed by atoms with van der Waals surface area (Å²) in [5.74, 6) is 1.49. The van der Waals surface area contributed by atoms with E-state index in [2.05, 4.69) is 0 Å². The van der Waals surface area contributed by atoms with Gasteiger partial charge in [-0.2, -0.15) is 0 Å². The van der Waals surface area contributed by atoms with Gasteiger partial charge in [0.25, 0.3) is 0 Å². The van der Waals surface area contributed by atoms with Gasteiger partial charge in [0.15, 0.2) is 0 Å². The fraction of sp³-hybridized carbons (Fsp3) is 0.636. The molecule has 0 spiro atoms. The Morgan fingerprint density at radius 3 is 2.94 bits per heavy atom. The molecule has 1 atom stereocenters. The van der Waals surface area contributed by atoms with E-state index in [1.54, 1.807) is 25.1 Å². The molecular weight excluding hydrogens is 228 g/mol. The number of thioether (sulfide) groups is 1. The second kappa shape index (κ2) is 7.73. The van der Waals surface area contributed by atoms with E-state index in [4.69, 9.17) is 13.9 Å². The first-order valence-corrected chi connectivity index (χ1v) is 6.14. The normalized spacial score (nSPS) is 12.9. The van der Waals surface area contributed by atoms with E-state index in [1.807, 2.05) is 13.0 Å². The molecule has 16 heavy (non-hydrogen) atoms. The number of aliphatic hydroxyl groups excluding tert-OH is 1. The minimum Gasteiger partial charge on any atom is -0.468 e. The average Bonchev–Trinajstić information content (AvgIpc) is 2.67. The molecule has 0 bridgehead atoms. The van der Waals surface area contributed by atoms with E-state index in [0.717, 1.165) is 10.7 Å². The lowest BCUT2D eigenvalue weighted by Gasteiger charge is -2.10. The van der Waals surface area contributed by atoms with Gasteiger partial charge in [-0.1, -0.05) is 0 Å². The van der Waals surface area contributed by atoms with Gasteiger partial charge in [-0.3, -0.25) is 0 Å². The molecule has 1 unspecified atom stereocenters. The van der Waals surface area contributed by atoms with Crippen molar-refractivity contribution in [2.24, 2.45) is 0 Å². The van der Waals surface area contributed by atoms with Crippen molar-refractivity contribution in [3.05, 3.63) is 18.1 Å². The van der Waals surface area contributed by atoms with Crippen molar-refractivity contribution in [1.82, 2.24) is 0 Å². The number of hydrogen-bond donors (Lipinski definition) is 1. The summed E-state index contributed by atoms with van der Waals surface area (Å²) < 4.78 is 15.2. The summed E-state index contributed by atoms with van der Waals surface area (Å²) in [6.07, 6.45) is 1.19. The van der Waals surface area contributed by atoms with Gasteiger partial charge in [0.2, 0.25) is 0 Å². The van der Waals surface area contributed by atoms with Crippen molar-refractivity contribution in [1.29, 1.82) is 0 Å². The SMILES string of the molecule is COCCOCC(O)CSc1ccoc1C. The maximum atomic E-state index is 9.62. The van der Waals surface area contributed by atoms with E-state index in [0.29, 0.717) is 25.6 Å². The molecule has 0 aliphatic rings. The van der Waals surface area contributed by atoms with Crippen molar-refractivity contribution in [3.8, 4) is 0 Å². The smallest absolute Gasteiger partial charge is 0.114 e. The second-order valence-corrected chi connectivity index (χ2v) is 4.44. The van der Waals surface area contributed by atoms with Gasteiger partial charge in [-0.15, -0.1) is 11.8 Å². The second-order valence-electron chi connectivity index (χ2n) is 3.37. The first-order valence-electron chi connectivity index (χ1n) is 5.15. The highest BCUT2D eigenvalue weighted by atomic mass is 32.2. The van der Waals surface area contributed by atoms with Gasteiger partial charge in [-0.05, 0) is 13.0 Å². The summed E-state index contributed by atoms with van der Waals surface area (Å²) in [5.41, 5.74) is 0. The van der Waals surface area contributed by atoms with Crippen LogP contribution in [-0.4, -0.2) is 43.9 Å².